The second-order valence-corrected chi connectivity index (χ2v) is 8.46. The van der Waals surface area contributed by atoms with Gasteiger partial charge in [0.05, 0.1) is 5.75 Å². The summed E-state index contributed by atoms with van der Waals surface area (Å²) in [4.78, 5) is 14.9. The topological polar surface area (TPSA) is 77.0 Å². The van der Waals surface area contributed by atoms with E-state index in [1.54, 1.807) is 0 Å². The highest BCUT2D eigenvalue weighted by molar-refractivity contribution is 7.99. The van der Waals surface area contributed by atoms with Crippen molar-refractivity contribution in [3.8, 4) is 11.4 Å². The third-order valence-corrected chi connectivity index (χ3v) is 6.04. The maximum absolute atomic E-state index is 12.9. The lowest BCUT2D eigenvalue weighted by Crippen LogP contribution is -2.46. The Labute approximate surface area is 165 Å². The van der Waals surface area contributed by atoms with E-state index in [0.717, 1.165) is 18.4 Å². The van der Waals surface area contributed by atoms with E-state index >= 15 is 0 Å². The summed E-state index contributed by atoms with van der Waals surface area (Å²) in [6, 6.07) is 8.57. The van der Waals surface area contributed by atoms with Gasteiger partial charge in [0.25, 0.3) is 0 Å². The van der Waals surface area contributed by atoms with Gasteiger partial charge in [-0.3, -0.25) is 4.79 Å². The number of nitrogen functional groups attached to an aromatic ring is 1. The van der Waals surface area contributed by atoms with Gasteiger partial charge in [-0.15, -0.1) is 10.2 Å². The van der Waals surface area contributed by atoms with Gasteiger partial charge in [0.2, 0.25) is 11.1 Å². The first kappa shape index (κ1) is 19.7. The van der Waals surface area contributed by atoms with Gasteiger partial charge in [0, 0.05) is 17.6 Å². The monoisotopic (exact) mass is 387 g/mol. The van der Waals surface area contributed by atoms with E-state index in [1.165, 1.54) is 41.3 Å². The molecular formula is C20H29N5OS. The van der Waals surface area contributed by atoms with Crippen LogP contribution < -0.4 is 5.84 Å². The molecule has 2 aromatic rings. The third-order valence-electron chi connectivity index (χ3n) is 5.11. The number of aryl methyl sites for hydroxylation is 1. The molecule has 1 aliphatic rings. The highest BCUT2D eigenvalue weighted by Crippen LogP contribution is 2.26. The van der Waals surface area contributed by atoms with Gasteiger partial charge < -0.3 is 10.7 Å². The molecule has 27 heavy (non-hydrogen) atoms. The van der Waals surface area contributed by atoms with Gasteiger partial charge in [-0.05, 0) is 33.6 Å². The first-order chi connectivity index (χ1) is 13.0. The van der Waals surface area contributed by atoms with Crippen LogP contribution in [0.15, 0.2) is 29.4 Å². The van der Waals surface area contributed by atoms with Crippen LogP contribution in [0.5, 0.6) is 0 Å². The molecule has 1 amide bonds. The summed E-state index contributed by atoms with van der Waals surface area (Å²) in [5.74, 6) is 7.28. The summed E-state index contributed by atoms with van der Waals surface area (Å²) < 4.78 is 1.48. The second-order valence-electron chi connectivity index (χ2n) is 7.52. The molecule has 1 saturated carbocycles. The summed E-state index contributed by atoms with van der Waals surface area (Å²) in [6.45, 7) is 6.23. The first-order valence-electron chi connectivity index (χ1n) is 9.69. The summed E-state index contributed by atoms with van der Waals surface area (Å²) in [6.07, 6.45) is 5.93. The fourth-order valence-electron chi connectivity index (χ4n) is 3.75. The Morgan fingerprint density at radius 1 is 1.22 bits per heavy atom. The van der Waals surface area contributed by atoms with E-state index < -0.39 is 0 Å². The zero-order chi connectivity index (χ0) is 19.4. The standard InChI is InChI=1S/C20H29N5OS/c1-14(2)24(17-7-5-4-6-8-17)18(26)13-27-20-23-22-19(25(20)21)16-11-9-15(3)10-12-16/h9-12,14,17H,4-8,13,21H2,1-3H3. The van der Waals surface area contributed by atoms with E-state index in [1.807, 2.05) is 31.2 Å². The van der Waals surface area contributed by atoms with Crippen molar-refractivity contribution in [3.63, 3.8) is 0 Å². The summed E-state index contributed by atoms with van der Waals surface area (Å²) in [5, 5.41) is 8.95. The zero-order valence-corrected chi connectivity index (χ0v) is 17.2. The minimum atomic E-state index is 0.154. The molecule has 0 spiro atoms. The lowest BCUT2D eigenvalue weighted by atomic mass is 9.93. The average molecular weight is 388 g/mol. The number of rotatable bonds is 6. The van der Waals surface area contributed by atoms with E-state index in [0.29, 0.717) is 22.8 Å². The van der Waals surface area contributed by atoms with Crippen molar-refractivity contribution in [2.45, 2.75) is 70.1 Å². The molecule has 0 aliphatic heterocycles. The molecular weight excluding hydrogens is 358 g/mol. The Balaban J connectivity index is 1.67. The molecule has 1 fully saturated rings. The van der Waals surface area contributed by atoms with Gasteiger partial charge in [-0.2, -0.15) is 0 Å². The number of carbonyl (C=O) groups excluding carboxylic acids is 1. The van der Waals surface area contributed by atoms with Crippen LogP contribution in [-0.4, -0.2) is 43.5 Å². The predicted molar refractivity (Wildman–Crippen MR) is 110 cm³/mol. The molecule has 3 rings (SSSR count). The number of hydrogen-bond acceptors (Lipinski definition) is 5. The van der Waals surface area contributed by atoms with Crippen molar-refractivity contribution in [1.29, 1.82) is 0 Å². The number of amides is 1. The molecule has 0 radical (unpaired) electrons. The number of nitrogens with two attached hydrogens (primary N) is 1. The fraction of sp³-hybridized carbons (Fsp3) is 0.550. The maximum atomic E-state index is 12.9. The minimum absolute atomic E-state index is 0.154. The van der Waals surface area contributed by atoms with Gasteiger partial charge in [0.1, 0.15) is 0 Å². The number of hydrogen-bond donors (Lipinski definition) is 1. The molecule has 0 saturated heterocycles. The molecule has 1 aromatic heterocycles. The summed E-state index contributed by atoms with van der Waals surface area (Å²) in [7, 11) is 0. The molecule has 2 N–H and O–H groups in total. The van der Waals surface area contributed by atoms with Gasteiger partial charge >= 0.3 is 0 Å². The van der Waals surface area contributed by atoms with E-state index in [9.17, 15) is 4.79 Å². The number of nitrogens with zero attached hydrogens (tertiary/aromatic N) is 4. The Morgan fingerprint density at radius 3 is 2.52 bits per heavy atom. The SMILES string of the molecule is Cc1ccc(-c2nnc(SCC(=O)N(C(C)C)C3CCCCC3)n2N)cc1. The number of carbonyl (C=O) groups is 1. The van der Waals surface area contributed by atoms with Crippen molar-refractivity contribution in [1.82, 2.24) is 19.8 Å². The summed E-state index contributed by atoms with van der Waals surface area (Å²) >= 11 is 1.36. The van der Waals surface area contributed by atoms with Crippen molar-refractivity contribution < 1.29 is 4.79 Å². The van der Waals surface area contributed by atoms with Crippen LogP contribution in [0.25, 0.3) is 11.4 Å². The van der Waals surface area contributed by atoms with Gasteiger partial charge in [-0.25, -0.2) is 4.68 Å². The zero-order valence-electron chi connectivity index (χ0n) is 16.4. The Kier molecular flexibility index (Phi) is 6.42. The third kappa shape index (κ3) is 4.64. The molecule has 1 aliphatic carbocycles. The molecule has 1 heterocycles. The molecule has 6 nitrogen and oxygen atoms in total. The van der Waals surface area contributed by atoms with Crippen LogP contribution in [0.3, 0.4) is 0 Å². The van der Waals surface area contributed by atoms with E-state index in [4.69, 9.17) is 5.84 Å². The van der Waals surface area contributed by atoms with Crippen LogP contribution >= 0.6 is 11.8 Å². The van der Waals surface area contributed by atoms with E-state index in [-0.39, 0.29) is 11.9 Å². The van der Waals surface area contributed by atoms with Crippen molar-refractivity contribution in [3.05, 3.63) is 29.8 Å². The first-order valence-corrected chi connectivity index (χ1v) is 10.7. The maximum Gasteiger partial charge on any atom is 0.233 e. The minimum Gasteiger partial charge on any atom is -0.337 e. The lowest BCUT2D eigenvalue weighted by molar-refractivity contribution is -0.133. The fourth-order valence-corrected chi connectivity index (χ4v) is 4.47. The van der Waals surface area contributed by atoms with Crippen LogP contribution in [0, 0.1) is 6.92 Å². The highest BCUT2D eigenvalue weighted by atomic mass is 32.2. The lowest BCUT2D eigenvalue weighted by Gasteiger charge is -2.37. The molecule has 0 bridgehead atoms. The Hall–Kier alpha value is -2.02. The molecule has 0 unspecified atom stereocenters. The van der Waals surface area contributed by atoms with Crippen molar-refractivity contribution in [2.75, 3.05) is 11.6 Å². The molecule has 7 heteroatoms. The smallest absolute Gasteiger partial charge is 0.233 e. The largest absolute Gasteiger partial charge is 0.337 e. The van der Waals surface area contributed by atoms with Crippen molar-refractivity contribution in [2.24, 2.45) is 0 Å². The molecule has 0 atom stereocenters. The van der Waals surface area contributed by atoms with E-state index in [2.05, 4.69) is 28.9 Å². The average Bonchev–Trinajstić information content (AvgIpc) is 3.02. The molecule has 146 valence electrons. The van der Waals surface area contributed by atoms with Gasteiger partial charge in [-0.1, -0.05) is 60.9 Å². The Bertz CT molecular complexity index is 765. The van der Waals surface area contributed by atoms with Crippen LogP contribution in [0.2, 0.25) is 0 Å². The van der Waals surface area contributed by atoms with Crippen LogP contribution in [0.4, 0.5) is 0 Å². The van der Waals surface area contributed by atoms with Gasteiger partial charge in [0.15, 0.2) is 5.82 Å². The second kappa shape index (κ2) is 8.78. The molecule has 1 aromatic carbocycles. The normalized spacial score (nSPS) is 15.3. The predicted octanol–water partition coefficient (Wildman–Crippen LogP) is 3.63. The van der Waals surface area contributed by atoms with Crippen molar-refractivity contribution >= 4 is 17.7 Å². The number of aromatic nitrogens is 3. The highest BCUT2D eigenvalue weighted by Gasteiger charge is 2.28. The number of thioether (sulfide) groups is 1. The van der Waals surface area contributed by atoms with Crippen LogP contribution in [-0.2, 0) is 4.79 Å². The summed E-state index contributed by atoms with van der Waals surface area (Å²) in [5.41, 5.74) is 2.10. The quantitative estimate of drug-likeness (QED) is 0.605. The Morgan fingerprint density at radius 2 is 1.89 bits per heavy atom. The van der Waals surface area contributed by atoms with Crippen LogP contribution in [0.1, 0.15) is 51.5 Å². The number of benzene rings is 1.